The summed E-state index contributed by atoms with van der Waals surface area (Å²) in [6, 6.07) is 0. The number of hydrogen-bond donors (Lipinski definition) is 1. The summed E-state index contributed by atoms with van der Waals surface area (Å²) < 4.78 is 11.6. The van der Waals surface area contributed by atoms with E-state index in [9.17, 15) is 4.79 Å². The van der Waals surface area contributed by atoms with Crippen molar-refractivity contribution in [2.45, 2.75) is 13.5 Å². The normalized spacial score (nSPS) is 10.9. The maximum Gasteiger partial charge on any atom is 0.360 e. The molecule has 0 aliphatic carbocycles. The van der Waals surface area contributed by atoms with E-state index in [0.29, 0.717) is 25.6 Å². The predicted octanol–water partition coefficient (Wildman–Crippen LogP) is 0.220. The van der Waals surface area contributed by atoms with E-state index in [1.807, 2.05) is 7.05 Å². The van der Waals surface area contributed by atoms with Gasteiger partial charge in [0.1, 0.15) is 5.82 Å². The molecule has 0 aliphatic rings. The Hall–Kier alpha value is -1.60. The van der Waals surface area contributed by atoms with Gasteiger partial charge in [-0.2, -0.15) is 0 Å². The molecular formula is C12H22N4O3. The maximum absolute atomic E-state index is 11.6. The number of aromatic nitrogens is 2. The van der Waals surface area contributed by atoms with Crippen LogP contribution in [0.15, 0.2) is 6.33 Å². The molecule has 0 spiro atoms. The standard InChI is InChI=1S/C12H22N4O3/c1-4-19-12(17)10-11(13)16(9-14-10)6-5-15(2)7-8-18-3/h9H,4-8,13H2,1-3H3. The van der Waals surface area contributed by atoms with Crippen LogP contribution in [0, 0.1) is 0 Å². The van der Waals surface area contributed by atoms with Gasteiger partial charge in [-0.1, -0.05) is 0 Å². The summed E-state index contributed by atoms with van der Waals surface area (Å²) in [4.78, 5) is 17.7. The van der Waals surface area contributed by atoms with E-state index in [-0.39, 0.29) is 5.69 Å². The highest BCUT2D eigenvalue weighted by molar-refractivity contribution is 5.92. The molecule has 0 radical (unpaired) electrons. The molecule has 0 aromatic carbocycles. The van der Waals surface area contributed by atoms with Crippen molar-refractivity contribution in [1.29, 1.82) is 0 Å². The highest BCUT2D eigenvalue weighted by atomic mass is 16.5. The summed E-state index contributed by atoms with van der Waals surface area (Å²) in [6.45, 7) is 5.05. The third-order valence-corrected chi connectivity index (χ3v) is 2.75. The number of anilines is 1. The van der Waals surface area contributed by atoms with Crippen LogP contribution in [0.2, 0.25) is 0 Å². The smallest absolute Gasteiger partial charge is 0.360 e. The quantitative estimate of drug-likeness (QED) is 0.680. The molecule has 1 heterocycles. The first kappa shape index (κ1) is 15.5. The van der Waals surface area contributed by atoms with Crippen molar-refractivity contribution in [3.63, 3.8) is 0 Å². The summed E-state index contributed by atoms with van der Waals surface area (Å²) in [7, 11) is 3.67. The van der Waals surface area contributed by atoms with E-state index in [1.165, 1.54) is 0 Å². The molecule has 7 nitrogen and oxygen atoms in total. The Morgan fingerprint density at radius 1 is 1.53 bits per heavy atom. The van der Waals surface area contributed by atoms with Gasteiger partial charge in [0.2, 0.25) is 0 Å². The molecular weight excluding hydrogens is 248 g/mol. The minimum Gasteiger partial charge on any atom is -0.461 e. The number of nitrogens with zero attached hydrogens (tertiary/aromatic N) is 3. The van der Waals surface area contributed by atoms with E-state index < -0.39 is 5.97 Å². The SMILES string of the molecule is CCOC(=O)c1ncn(CCN(C)CCOC)c1N. The van der Waals surface area contributed by atoms with Gasteiger partial charge < -0.3 is 24.7 Å². The Balaban J connectivity index is 2.53. The number of likely N-dealkylation sites (N-methyl/N-ethyl adjacent to an activating group) is 1. The third kappa shape index (κ3) is 4.53. The molecule has 0 amide bonds. The molecule has 0 aliphatic heterocycles. The fraction of sp³-hybridized carbons (Fsp3) is 0.667. The molecule has 0 atom stereocenters. The number of ether oxygens (including phenoxy) is 2. The van der Waals surface area contributed by atoms with E-state index in [2.05, 4.69) is 9.88 Å². The Morgan fingerprint density at radius 3 is 2.89 bits per heavy atom. The first-order chi connectivity index (χ1) is 9.10. The average molecular weight is 270 g/mol. The number of esters is 1. The Labute approximate surface area is 113 Å². The van der Waals surface area contributed by atoms with E-state index in [4.69, 9.17) is 15.2 Å². The van der Waals surface area contributed by atoms with Crippen LogP contribution in [0.25, 0.3) is 0 Å². The molecule has 1 rings (SSSR count). The average Bonchev–Trinajstić information content (AvgIpc) is 2.75. The molecule has 0 fully saturated rings. The molecule has 0 saturated carbocycles. The molecule has 2 N–H and O–H groups in total. The molecule has 108 valence electrons. The number of methoxy groups -OCH3 is 1. The van der Waals surface area contributed by atoms with Crippen LogP contribution in [0.1, 0.15) is 17.4 Å². The zero-order valence-corrected chi connectivity index (χ0v) is 11.8. The molecule has 7 heteroatoms. The number of nitrogen functional groups attached to an aromatic ring is 1. The van der Waals surface area contributed by atoms with E-state index >= 15 is 0 Å². The fourth-order valence-corrected chi connectivity index (χ4v) is 1.56. The van der Waals surface area contributed by atoms with Crippen LogP contribution in [-0.2, 0) is 16.0 Å². The molecule has 1 aromatic heterocycles. The van der Waals surface area contributed by atoms with Crippen molar-refractivity contribution in [1.82, 2.24) is 14.5 Å². The van der Waals surface area contributed by atoms with Gasteiger partial charge in [0.25, 0.3) is 0 Å². The van der Waals surface area contributed by atoms with Gasteiger partial charge >= 0.3 is 5.97 Å². The second kappa shape index (κ2) is 7.75. The number of carbonyl (C=O) groups excluding carboxylic acids is 1. The number of nitrogens with two attached hydrogens (primary N) is 1. The second-order valence-corrected chi connectivity index (χ2v) is 4.19. The summed E-state index contributed by atoms with van der Waals surface area (Å²) >= 11 is 0. The van der Waals surface area contributed by atoms with Crippen molar-refractivity contribution in [2.24, 2.45) is 0 Å². The lowest BCUT2D eigenvalue weighted by Crippen LogP contribution is -2.27. The summed E-state index contributed by atoms with van der Waals surface area (Å²) in [5.41, 5.74) is 6.06. The second-order valence-electron chi connectivity index (χ2n) is 4.19. The summed E-state index contributed by atoms with van der Waals surface area (Å²) in [6.07, 6.45) is 1.56. The van der Waals surface area contributed by atoms with Gasteiger partial charge in [-0.3, -0.25) is 0 Å². The minimum atomic E-state index is -0.480. The van der Waals surface area contributed by atoms with Crippen LogP contribution in [0.5, 0.6) is 0 Å². The van der Waals surface area contributed by atoms with E-state index in [1.54, 1.807) is 24.9 Å². The van der Waals surface area contributed by atoms with Crippen LogP contribution < -0.4 is 5.73 Å². The molecule has 19 heavy (non-hydrogen) atoms. The van der Waals surface area contributed by atoms with Gasteiger partial charge in [-0.05, 0) is 14.0 Å². The zero-order valence-electron chi connectivity index (χ0n) is 11.8. The first-order valence-electron chi connectivity index (χ1n) is 6.25. The van der Waals surface area contributed by atoms with Gasteiger partial charge in [0.15, 0.2) is 5.69 Å². The van der Waals surface area contributed by atoms with Gasteiger partial charge in [-0.15, -0.1) is 0 Å². The Kier molecular flexibility index (Phi) is 6.31. The lowest BCUT2D eigenvalue weighted by atomic mass is 10.4. The number of carbonyl (C=O) groups is 1. The Bertz CT molecular complexity index is 406. The molecule has 0 saturated heterocycles. The lowest BCUT2D eigenvalue weighted by Gasteiger charge is -2.16. The summed E-state index contributed by atoms with van der Waals surface area (Å²) in [5, 5.41) is 0. The molecule has 0 unspecified atom stereocenters. The summed E-state index contributed by atoms with van der Waals surface area (Å²) in [5.74, 6) is -0.134. The minimum absolute atomic E-state index is 0.182. The first-order valence-corrected chi connectivity index (χ1v) is 6.25. The van der Waals surface area contributed by atoms with Crippen molar-refractivity contribution >= 4 is 11.8 Å². The van der Waals surface area contributed by atoms with Crippen molar-refractivity contribution in [3.8, 4) is 0 Å². The number of hydrogen-bond acceptors (Lipinski definition) is 6. The maximum atomic E-state index is 11.6. The Morgan fingerprint density at radius 2 is 2.26 bits per heavy atom. The fourth-order valence-electron chi connectivity index (χ4n) is 1.56. The molecule has 1 aromatic rings. The van der Waals surface area contributed by atoms with Crippen molar-refractivity contribution < 1.29 is 14.3 Å². The van der Waals surface area contributed by atoms with Gasteiger partial charge in [0.05, 0.1) is 19.5 Å². The van der Waals surface area contributed by atoms with Crippen LogP contribution in [0.3, 0.4) is 0 Å². The van der Waals surface area contributed by atoms with Gasteiger partial charge in [0, 0.05) is 26.7 Å². The number of imidazole rings is 1. The highest BCUT2D eigenvalue weighted by Crippen LogP contribution is 2.11. The highest BCUT2D eigenvalue weighted by Gasteiger charge is 2.16. The van der Waals surface area contributed by atoms with Gasteiger partial charge in [-0.25, -0.2) is 9.78 Å². The topological polar surface area (TPSA) is 82.6 Å². The van der Waals surface area contributed by atoms with Crippen molar-refractivity contribution in [2.75, 3.05) is 46.2 Å². The van der Waals surface area contributed by atoms with Crippen molar-refractivity contribution in [3.05, 3.63) is 12.0 Å². The predicted molar refractivity (Wildman–Crippen MR) is 72.0 cm³/mol. The third-order valence-electron chi connectivity index (χ3n) is 2.75. The molecule has 0 bridgehead atoms. The van der Waals surface area contributed by atoms with Crippen LogP contribution in [0.4, 0.5) is 5.82 Å². The lowest BCUT2D eigenvalue weighted by molar-refractivity contribution is 0.0521. The zero-order chi connectivity index (χ0) is 14.3. The number of rotatable bonds is 8. The van der Waals surface area contributed by atoms with Crippen LogP contribution in [-0.4, -0.2) is 60.9 Å². The van der Waals surface area contributed by atoms with Crippen LogP contribution >= 0.6 is 0 Å². The largest absolute Gasteiger partial charge is 0.461 e. The monoisotopic (exact) mass is 270 g/mol. The van der Waals surface area contributed by atoms with E-state index in [0.717, 1.165) is 13.1 Å².